The summed E-state index contributed by atoms with van der Waals surface area (Å²) in [4.78, 5) is 21.4. The fourth-order valence-electron chi connectivity index (χ4n) is 2.82. The van der Waals surface area contributed by atoms with E-state index in [1.54, 1.807) is 6.20 Å². The van der Waals surface area contributed by atoms with E-state index in [2.05, 4.69) is 34.1 Å². The summed E-state index contributed by atoms with van der Waals surface area (Å²) in [5, 5.41) is 3.13. The summed E-state index contributed by atoms with van der Waals surface area (Å²) in [5.74, 6) is 0.121. The summed E-state index contributed by atoms with van der Waals surface area (Å²) >= 11 is 0. The molecule has 0 bridgehead atoms. The maximum Gasteiger partial charge on any atom is 0.221 e. The molecule has 1 saturated heterocycles. The van der Waals surface area contributed by atoms with Crippen molar-refractivity contribution in [1.82, 2.24) is 20.1 Å². The lowest BCUT2D eigenvalue weighted by atomic mass is 10.1. The third-order valence-corrected chi connectivity index (χ3v) is 4.37. The number of aryl methyl sites for hydroxylation is 1. The largest absolute Gasteiger partial charge is 0.348 e. The molecule has 5 heteroatoms. The Hall–Kier alpha value is -1.46. The van der Waals surface area contributed by atoms with Gasteiger partial charge in [0.1, 0.15) is 0 Å². The van der Waals surface area contributed by atoms with Crippen LogP contribution in [0.15, 0.2) is 18.3 Å². The van der Waals surface area contributed by atoms with Crippen LogP contribution < -0.4 is 5.32 Å². The highest BCUT2D eigenvalue weighted by Gasteiger charge is 2.18. The standard InChI is InChI=1S/C17H28N4O/c1-4-15(17-14(2)6-5-8-18-17)19-16(22)7-9-21-12-10-20(3)11-13-21/h5-6,8,15H,4,7,9-13H2,1-3H3,(H,19,22)/t15-/m0/s1. The second-order valence-corrected chi connectivity index (χ2v) is 6.13. The van der Waals surface area contributed by atoms with Crippen LogP contribution in [0.1, 0.15) is 37.1 Å². The Bertz CT molecular complexity index is 483. The number of rotatable bonds is 6. The lowest BCUT2D eigenvalue weighted by Crippen LogP contribution is -2.45. The van der Waals surface area contributed by atoms with Crippen LogP contribution in [0.3, 0.4) is 0 Å². The van der Waals surface area contributed by atoms with Crippen molar-refractivity contribution < 1.29 is 4.79 Å². The van der Waals surface area contributed by atoms with Gasteiger partial charge in [-0.3, -0.25) is 9.78 Å². The zero-order valence-corrected chi connectivity index (χ0v) is 14.0. The summed E-state index contributed by atoms with van der Waals surface area (Å²) in [7, 11) is 2.14. The average Bonchev–Trinajstić information content (AvgIpc) is 2.53. The van der Waals surface area contributed by atoms with Gasteiger partial charge in [0.15, 0.2) is 0 Å². The van der Waals surface area contributed by atoms with Gasteiger partial charge in [-0.05, 0) is 32.0 Å². The minimum Gasteiger partial charge on any atom is -0.348 e. The third-order valence-electron chi connectivity index (χ3n) is 4.37. The summed E-state index contributed by atoms with van der Waals surface area (Å²) in [6, 6.07) is 3.99. The number of nitrogens with one attached hydrogen (secondary N) is 1. The Balaban J connectivity index is 1.81. The van der Waals surface area contributed by atoms with Gasteiger partial charge in [-0.15, -0.1) is 0 Å². The number of hydrogen-bond donors (Lipinski definition) is 1. The predicted octanol–water partition coefficient (Wildman–Crippen LogP) is 1.59. The van der Waals surface area contributed by atoms with Crippen LogP contribution in [0.4, 0.5) is 0 Å². The van der Waals surface area contributed by atoms with E-state index in [0.29, 0.717) is 6.42 Å². The summed E-state index contributed by atoms with van der Waals surface area (Å²) in [6.07, 6.45) is 3.21. The van der Waals surface area contributed by atoms with Gasteiger partial charge >= 0.3 is 0 Å². The number of aromatic nitrogens is 1. The molecule has 1 fully saturated rings. The van der Waals surface area contributed by atoms with Crippen LogP contribution >= 0.6 is 0 Å². The summed E-state index contributed by atoms with van der Waals surface area (Å²) < 4.78 is 0. The molecule has 2 heterocycles. The van der Waals surface area contributed by atoms with E-state index < -0.39 is 0 Å². The predicted molar refractivity (Wildman–Crippen MR) is 88.7 cm³/mol. The minimum atomic E-state index is 0.0150. The second-order valence-electron chi connectivity index (χ2n) is 6.13. The van der Waals surface area contributed by atoms with E-state index in [-0.39, 0.29) is 11.9 Å². The van der Waals surface area contributed by atoms with E-state index in [1.807, 2.05) is 19.1 Å². The van der Waals surface area contributed by atoms with Crippen molar-refractivity contribution in [3.8, 4) is 0 Å². The molecule has 0 aliphatic carbocycles. The number of carbonyl (C=O) groups is 1. The van der Waals surface area contributed by atoms with Crippen molar-refractivity contribution in [2.45, 2.75) is 32.7 Å². The second kappa shape index (κ2) is 8.25. The molecular weight excluding hydrogens is 276 g/mol. The van der Waals surface area contributed by atoms with Crippen molar-refractivity contribution in [2.75, 3.05) is 39.8 Å². The highest BCUT2D eigenvalue weighted by Crippen LogP contribution is 2.17. The molecule has 0 spiro atoms. The number of amides is 1. The molecule has 22 heavy (non-hydrogen) atoms. The monoisotopic (exact) mass is 304 g/mol. The summed E-state index contributed by atoms with van der Waals surface area (Å²) in [5.41, 5.74) is 2.12. The molecule has 0 unspecified atom stereocenters. The maximum absolute atomic E-state index is 12.2. The first-order valence-corrected chi connectivity index (χ1v) is 8.22. The molecule has 0 radical (unpaired) electrons. The van der Waals surface area contributed by atoms with Gasteiger partial charge in [-0.25, -0.2) is 0 Å². The van der Waals surface area contributed by atoms with Crippen molar-refractivity contribution in [2.24, 2.45) is 0 Å². The zero-order chi connectivity index (χ0) is 15.9. The smallest absolute Gasteiger partial charge is 0.221 e. The normalized spacial score (nSPS) is 18.1. The number of likely N-dealkylation sites (N-methyl/N-ethyl adjacent to an activating group) is 1. The molecule has 1 aliphatic rings. The average molecular weight is 304 g/mol. The topological polar surface area (TPSA) is 48.5 Å². The number of carbonyl (C=O) groups excluding carboxylic acids is 1. The van der Waals surface area contributed by atoms with E-state index >= 15 is 0 Å². The molecule has 1 amide bonds. The molecule has 0 aromatic carbocycles. The lowest BCUT2D eigenvalue weighted by Gasteiger charge is -2.32. The Labute approximate surface area is 133 Å². The lowest BCUT2D eigenvalue weighted by molar-refractivity contribution is -0.122. The Morgan fingerprint density at radius 3 is 2.73 bits per heavy atom. The van der Waals surface area contributed by atoms with Gasteiger partial charge in [-0.1, -0.05) is 13.0 Å². The number of nitrogens with zero attached hydrogens (tertiary/aromatic N) is 3. The fourth-order valence-corrected chi connectivity index (χ4v) is 2.82. The van der Waals surface area contributed by atoms with Crippen LogP contribution in [-0.4, -0.2) is 60.5 Å². The summed E-state index contributed by atoms with van der Waals surface area (Å²) in [6.45, 7) is 9.26. The molecule has 0 saturated carbocycles. The van der Waals surface area contributed by atoms with Crippen LogP contribution in [-0.2, 0) is 4.79 Å². The van der Waals surface area contributed by atoms with Crippen LogP contribution in [0.2, 0.25) is 0 Å². The van der Waals surface area contributed by atoms with Crippen LogP contribution in [0, 0.1) is 6.92 Å². The SMILES string of the molecule is CC[C@H](NC(=O)CCN1CCN(C)CC1)c1ncccc1C. The molecule has 1 N–H and O–H groups in total. The van der Waals surface area contributed by atoms with Gasteiger partial charge in [0, 0.05) is 45.3 Å². The molecule has 1 aromatic heterocycles. The zero-order valence-electron chi connectivity index (χ0n) is 14.0. The Morgan fingerprint density at radius 1 is 1.36 bits per heavy atom. The van der Waals surface area contributed by atoms with E-state index in [1.165, 1.54) is 0 Å². The first-order chi connectivity index (χ1) is 10.6. The third kappa shape index (κ3) is 4.78. The van der Waals surface area contributed by atoms with Crippen molar-refractivity contribution in [3.63, 3.8) is 0 Å². The fraction of sp³-hybridized carbons (Fsp3) is 0.647. The Morgan fingerprint density at radius 2 is 2.09 bits per heavy atom. The van der Waals surface area contributed by atoms with E-state index in [0.717, 1.165) is 50.4 Å². The molecule has 5 nitrogen and oxygen atoms in total. The quantitative estimate of drug-likeness (QED) is 0.867. The van der Waals surface area contributed by atoms with Gasteiger partial charge in [0.2, 0.25) is 5.91 Å². The Kier molecular flexibility index (Phi) is 6.34. The highest BCUT2D eigenvalue weighted by molar-refractivity contribution is 5.76. The molecule has 1 aromatic rings. The van der Waals surface area contributed by atoms with Gasteiger partial charge in [0.05, 0.1) is 11.7 Å². The first-order valence-electron chi connectivity index (χ1n) is 8.22. The van der Waals surface area contributed by atoms with Gasteiger partial charge < -0.3 is 15.1 Å². The van der Waals surface area contributed by atoms with Crippen molar-refractivity contribution in [1.29, 1.82) is 0 Å². The van der Waals surface area contributed by atoms with Crippen LogP contribution in [0.25, 0.3) is 0 Å². The van der Waals surface area contributed by atoms with Crippen molar-refractivity contribution >= 4 is 5.91 Å². The number of pyridine rings is 1. The molecule has 1 aliphatic heterocycles. The van der Waals surface area contributed by atoms with Gasteiger partial charge in [0.25, 0.3) is 0 Å². The first kappa shape index (κ1) is 16.9. The van der Waals surface area contributed by atoms with Crippen molar-refractivity contribution in [3.05, 3.63) is 29.6 Å². The van der Waals surface area contributed by atoms with Crippen LogP contribution in [0.5, 0.6) is 0 Å². The number of piperazine rings is 1. The highest BCUT2D eigenvalue weighted by atomic mass is 16.1. The maximum atomic E-state index is 12.2. The molecule has 2 rings (SSSR count). The van der Waals surface area contributed by atoms with E-state index in [4.69, 9.17) is 0 Å². The molecule has 1 atom stereocenters. The molecule has 122 valence electrons. The minimum absolute atomic E-state index is 0.0150. The molecular formula is C17H28N4O. The van der Waals surface area contributed by atoms with Gasteiger partial charge in [-0.2, -0.15) is 0 Å². The number of hydrogen-bond acceptors (Lipinski definition) is 4. The van der Waals surface area contributed by atoms with E-state index in [9.17, 15) is 4.79 Å².